The topological polar surface area (TPSA) is 136 Å². The highest BCUT2D eigenvalue weighted by Gasteiger charge is 2.50. The predicted octanol–water partition coefficient (Wildman–Crippen LogP) is -0.406. The zero-order valence-electron chi connectivity index (χ0n) is 16.2. The highest BCUT2D eigenvalue weighted by atomic mass is 19.2. The van der Waals surface area contributed by atoms with E-state index in [4.69, 9.17) is 5.73 Å². The average molecular weight is 421 g/mol. The Kier molecular flexibility index (Phi) is 4.80. The van der Waals surface area contributed by atoms with E-state index in [0.29, 0.717) is 9.47 Å². The number of aromatic nitrogens is 2. The van der Waals surface area contributed by atoms with E-state index in [0.717, 1.165) is 29.8 Å². The number of nitrogens with two attached hydrogens (primary N) is 1. The predicted molar refractivity (Wildman–Crippen MR) is 99.6 cm³/mol. The van der Waals surface area contributed by atoms with Gasteiger partial charge < -0.3 is 11.1 Å². The Morgan fingerprint density at radius 3 is 2.33 bits per heavy atom. The first-order valence-corrected chi connectivity index (χ1v) is 8.58. The van der Waals surface area contributed by atoms with E-state index in [1.165, 1.54) is 14.0 Å². The molecule has 1 aliphatic heterocycles. The molecule has 30 heavy (non-hydrogen) atoms. The number of hydrogen-bond acceptors (Lipinski definition) is 6. The molecule has 1 unspecified atom stereocenters. The number of imide groups is 1. The smallest absolute Gasteiger partial charge is 0.332 e. The molecule has 0 saturated carbocycles. The minimum Gasteiger partial charge on any atom is -0.384 e. The number of nitrogen functional groups attached to an aromatic ring is 1. The van der Waals surface area contributed by atoms with Crippen LogP contribution in [0.4, 0.5) is 19.4 Å². The number of rotatable bonds is 4. The van der Waals surface area contributed by atoms with E-state index >= 15 is 0 Å². The summed E-state index contributed by atoms with van der Waals surface area (Å²) in [5.74, 6) is -4.64. The quantitative estimate of drug-likeness (QED) is 0.509. The van der Waals surface area contributed by atoms with E-state index in [2.05, 4.69) is 5.32 Å². The molecule has 2 aromatic rings. The van der Waals surface area contributed by atoms with Gasteiger partial charge in [-0.2, -0.15) is 0 Å². The fourth-order valence-electron chi connectivity index (χ4n) is 3.19. The first-order chi connectivity index (χ1) is 13.9. The summed E-state index contributed by atoms with van der Waals surface area (Å²) >= 11 is 0. The zero-order valence-corrected chi connectivity index (χ0v) is 16.2. The molecule has 0 bridgehead atoms. The summed E-state index contributed by atoms with van der Waals surface area (Å²) in [6.07, 6.45) is 0. The average Bonchev–Trinajstić information content (AvgIpc) is 2.91. The van der Waals surface area contributed by atoms with Gasteiger partial charge in [0.15, 0.2) is 17.4 Å². The van der Waals surface area contributed by atoms with Gasteiger partial charge in [0.2, 0.25) is 0 Å². The van der Waals surface area contributed by atoms with Crippen LogP contribution in [-0.4, -0.2) is 38.3 Å². The van der Waals surface area contributed by atoms with Crippen molar-refractivity contribution >= 4 is 23.5 Å². The van der Waals surface area contributed by atoms with Crippen molar-refractivity contribution in [1.82, 2.24) is 19.4 Å². The second-order valence-corrected chi connectivity index (χ2v) is 6.96. The Labute approximate surface area is 167 Å². The second kappa shape index (κ2) is 6.90. The molecule has 10 nitrogen and oxygen atoms in total. The van der Waals surface area contributed by atoms with Crippen LogP contribution >= 0.6 is 0 Å². The molecule has 1 saturated heterocycles. The van der Waals surface area contributed by atoms with Gasteiger partial charge in [-0.3, -0.25) is 28.4 Å². The zero-order chi connectivity index (χ0) is 22.5. The van der Waals surface area contributed by atoms with Crippen LogP contribution in [0, 0.1) is 11.6 Å². The van der Waals surface area contributed by atoms with Gasteiger partial charge in [-0.15, -0.1) is 0 Å². The lowest BCUT2D eigenvalue weighted by molar-refractivity contribution is -0.130. The molecular weight excluding hydrogens is 404 g/mol. The monoisotopic (exact) mass is 421 g/mol. The van der Waals surface area contributed by atoms with Crippen molar-refractivity contribution in [2.45, 2.75) is 12.5 Å². The van der Waals surface area contributed by atoms with E-state index < -0.39 is 64.1 Å². The summed E-state index contributed by atoms with van der Waals surface area (Å²) in [4.78, 5) is 62.7. The maximum absolute atomic E-state index is 13.6. The number of nitrogens with zero attached hydrogens (tertiary/aromatic N) is 3. The number of ketones is 1. The number of nitrogens with one attached hydrogen (secondary N) is 1. The van der Waals surface area contributed by atoms with E-state index in [-0.39, 0.29) is 5.56 Å². The molecule has 1 aromatic heterocycles. The number of carbonyl (C=O) groups is 3. The van der Waals surface area contributed by atoms with E-state index in [1.54, 1.807) is 0 Å². The third kappa shape index (κ3) is 2.96. The third-order valence-corrected chi connectivity index (χ3v) is 5.06. The summed E-state index contributed by atoms with van der Waals surface area (Å²) in [7, 11) is 2.40. The lowest BCUT2D eigenvalue weighted by atomic mass is 9.92. The first-order valence-electron chi connectivity index (χ1n) is 8.58. The van der Waals surface area contributed by atoms with Gasteiger partial charge in [-0.25, -0.2) is 18.4 Å². The highest BCUT2D eigenvalue weighted by molar-refractivity contribution is 6.12. The second-order valence-electron chi connectivity index (χ2n) is 6.96. The van der Waals surface area contributed by atoms with Gasteiger partial charge in [0.05, 0.1) is 6.54 Å². The van der Waals surface area contributed by atoms with Crippen molar-refractivity contribution in [3.8, 4) is 0 Å². The Hall–Kier alpha value is -3.83. The molecule has 12 heteroatoms. The number of carbonyl (C=O) groups excluding carboxylic acids is 3. The molecule has 0 radical (unpaired) electrons. The number of urea groups is 1. The van der Waals surface area contributed by atoms with Gasteiger partial charge in [0, 0.05) is 14.1 Å². The van der Waals surface area contributed by atoms with Crippen LogP contribution in [0.25, 0.3) is 0 Å². The van der Waals surface area contributed by atoms with Crippen LogP contribution in [0.3, 0.4) is 0 Å². The summed E-state index contributed by atoms with van der Waals surface area (Å²) in [5.41, 5.74) is 1.64. The van der Waals surface area contributed by atoms with Gasteiger partial charge in [0.25, 0.3) is 11.5 Å². The molecule has 2 heterocycles. The number of halogens is 2. The summed E-state index contributed by atoms with van der Waals surface area (Å²) in [6.45, 7) is 0.422. The van der Waals surface area contributed by atoms with Crippen molar-refractivity contribution in [3.05, 3.63) is 61.8 Å². The molecule has 1 aliphatic rings. The molecule has 0 spiro atoms. The van der Waals surface area contributed by atoms with Crippen LogP contribution in [0.1, 0.15) is 22.8 Å². The summed E-state index contributed by atoms with van der Waals surface area (Å²) in [6, 6.07) is 1.72. The lowest BCUT2D eigenvalue weighted by Gasteiger charge is -2.22. The lowest BCUT2D eigenvalue weighted by Crippen LogP contribution is -2.44. The van der Waals surface area contributed by atoms with Crippen molar-refractivity contribution in [2.24, 2.45) is 14.1 Å². The molecule has 3 N–H and O–H groups in total. The SMILES string of the molecule is Cn1c(N)c(C(=O)CN2C(=O)NC(C)(c3ccc(F)c(F)c3)C2=O)c(=O)n(C)c1=O. The van der Waals surface area contributed by atoms with Crippen molar-refractivity contribution in [3.63, 3.8) is 0 Å². The fraction of sp³-hybridized carbons (Fsp3) is 0.278. The number of amides is 3. The van der Waals surface area contributed by atoms with Gasteiger partial charge >= 0.3 is 11.7 Å². The molecule has 158 valence electrons. The van der Waals surface area contributed by atoms with Crippen molar-refractivity contribution in [1.29, 1.82) is 0 Å². The summed E-state index contributed by atoms with van der Waals surface area (Å²) in [5, 5.41) is 2.34. The van der Waals surface area contributed by atoms with Crippen LogP contribution in [0.15, 0.2) is 27.8 Å². The molecule has 0 aliphatic carbocycles. The van der Waals surface area contributed by atoms with Crippen molar-refractivity contribution in [2.75, 3.05) is 12.3 Å². The molecule has 3 amide bonds. The van der Waals surface area contributed by atoms with Crippen LogP contribution < -0.4 is 22.3 Å². The van der Waals surface area contributed by atoms with Gasteiger partial charge in [-0.05, 0) is 24.6 Å². The maximum atomic E-state index is 13.6. The Balaban J connectivity index is 1.97. The summed E-state index contributed by atoms with van der Waals surface area (Å²) < 4.78 is 28.4. The fourth-order valence-corrected chi connectivity index (χ4v) is 3.19. The van der Waals surface area contributed by atoms with E-state index in [1.807, 2.05) is 0 Å². The van der Waals surface area contributed by atoms with Gasteiger partial charge in [-0.1, -0.05) is 6.07 Å². The largest absolute Gasteiger partial charge is 0.384 e. The van der Waals surface area contributed by atoms with Crippen LogP contribution in [0.2, 0.25) is 0 Å². The molecule has 1 aromatic carbocycles. The van der Waals surface area contributed by atoms with Gasteiger partial charge in [0.1, 0.15) is 16.9 Å². The third-order valence-electron chi connectivity index (χ3n) is 5.06. The minimum absolute atomic E-state index is 0.0350. The Bertz CT molecular complexity index is 1230. The molecule has 1 fully saturated rings. The number of benzene rings is 1. The normalized spacial score (nSPS) is 18.6. The Morgan fingerprint density at radius 2 is 1.73 bits per heavy atom. The Morgan fingerprint density at radius 1 is 1.10 bits per heavy atom. The van der Waals surface area contributed by atoms with Crippen LogP contribution in [-0.2, 0) is 24.4 Å². The molecule has 1 atom stereocenters. The highest BCUT2D eigenvalue weighted by Crippen LogP contribution is 2.30. The molecule has 3 rings (SSSR count). The maximum Gasteiger partial charge on any atom is 0.332 e. The van der Waals surface area contributed by atoms with E-state index in [9.17, 15) is 32.8 Å². The first kappa shape index (κ1) is 20.9. The van der Waals surface area contributed by atoms with Crippen LogP contribution in [0.5, 0.6) is 0 Å². The van der Waals surface area contributed by atoms with Crippen molar-refractivity contribution < 1.29 is 23.2 Å². The number of Topliss-reactive ketones (excluding diaryl/α,β-unsaturated/α-hetero) is 1. The number of anilines is 1. The minimum atomic E-state index is -1.76. The number of hydrogen-bond donors (Lipinski definition) is 2. The molecular formula is C18H17F2N5O5. The standard InChI is InChI=1S/C18H17F2N5O5/c1-18(8-4-5-9(19)10(20)6-8)15(28)25(16(29)22-18)7-11(26)12-13(21)23(2)17(30)24(3)14(12)27/h4-6H,7,21H2,1-3H3,(H,22,29).